The molecule has 0 bridgehead atoms. The summed E-state index contributed by atoms with van der Waals surface area (Å²) in [7, 11) is 1.91. The van der Waals surface area contributed by atoms with Crippen molar-refractivity contribution < 1.29 is 9.84 Å². The molecule has 112 valence electrons. The van der Waals surface area contributed by atoms with Gasteiger partial charge < -0.3 is 15.2 Å². The standard InChI is InChI=1S/C17H20ClNO2/c1-12(19-2)14-7-8-17(15(18)11-14)21-16-6-4-3-5-13(16)9-10-20/h3-8,11-12,19-20H,9-10H2,1-2H3. The Bertz CT molecular complexity index is 601. The number of halogens is 1. The van der Waals surface area contributed by atoms with E-state index >= 15 is 0 Å². The molecule has 2 aromatic rings. The summed E-state index contributed by atoms with van der Waals surface area (Å²) in [6.07, 6.45) is 0.558. The highest BCUT2D eigenvalue weighted by molar-refractivity contribution is 6.32. The fraction of sp³-hybridized carbons (Fsp3) is 0.294. The second kappa shape index (κ2) is 7.46. The van der Waals surface area contributed by atoms with Crippen LogP contribution in [0.1, 0.15) is 24.1 Å². The molecule has 1 atom stereocenters. The molecule has 0 heterocycles. The maximum Gasteiger partial charge on any atom is 0.146 e. The Morgan fingerprint density at radius 1 is 1.19 bits per heavy atom. The summed E-state index contributed by atoms with van der Waals surface area (Å²) in [5, 5.41) is 12.9. The molecule has 0 aliphatic carbocycles. The summed E-state index contributed by atoms with van der Waals surface area (Å²) in [6, 6.07) is 13.7. The molecule has 0 aliphatic heterocycles. The second-order valence-corrected chi connectivity index (χ2v) is 5.29. The SMILES string of the molecule is CNC(C)c1ccc(Oc2ccccc2CCO)c(Cl)c1. The topological polar surface area (TPSA) is 41.5 Å². The fourth-order valence-electron chi connectivity index (χ4n) is 2.08. The van der Waals surface area contributed by atoms with Crippen molar-refractivity contribution in [3.05, 3.63) is 58.6 Å². The zero-order valence-electron chi connectivity index (χ0n) is 12.3. The minimum atomic E-state index is 0.0900. The molecule has 0 aliphatic rings. The number of hydrogen-bond acceptors (Lipinski definition) is 3. The lowest BCUT2D eigenvalue weighted by atomic mass is 10.1. The van der Waals surface area contributed by atoms with Crippen LogP contribution in [0.5, 0.6) is 11.5 Å². The van der Waals surface area contributed by atoms with Gasteiger partial charge in [-0.15, -0.1) is 0 Å². The molecule has 0 fully saturated rings. The molecule has 2 rings (SSSR count). The van der Waals surface area contributed by atoms with Gasteiger partial charge in [0.25, 0.3) is 0 Å². The molecule has 0 saturated carbocycles. The first-order valence-electron chi connectivity index (χ1n) is 6.99. The van der Waals surface area contributed by atoms with Gasteiger partial charge in [-0.3, -0.25) is 0 Å². The Hall–Kier alpha value is -1.55. The number of nitrogens with one attached hydrogen (secondary N) is 1. The van der Waals surface area contributed by atoms with Gasteiger partial charge >= 0.3 is 0 Å². The molecule has 1 unspecified atom stereocenters. The van der Waals surface area contributed by atoms with Gasteiger partial charge in [-0.1, -0.05) is 35.9 Å². The van der Waals surface area contributed by atoms with Crippen molar-refractivity contribution in [2.24, 2.45) is 0 Å². The molecular formula is C17H20ClNO2. The highest BCUT2D eigenvalue weighted by atomic mass is 35.5. The molecule has 0 spiro atoms. The second-order valence-electron chi connectivity index (χ2n) is 4.88. The van der Waals surface area contributed by atoms with Gasteiger partial charge in [0.05, 0.1) is 5.02 Å². The van der Waals surface area contributed by atoms with E-state index in [1.807, 2.05) is 49.5 Å². The minimum absolute atomic E-state index is 0.0900. The van der Waals surface area contributed by atoms with Crippen LogP contribution in [0.2, 0.25) is 5.02 Å². The van der Waals surface area contributed by atoms with Crippen molar-refractivity contribution in [3.8, 4) is 11.5 Å². The van der Waals surface area contributed by atoms with E-state index in [1.54, 1.807) is 0 Å². The van der Waals surface area contributed by atoms with Crippen molar-refractivity contribution >= 4 is 11.6 Å². The highest BCUT2D eigenvalue weighted by Gasteiger charge is 2.10. The van der Waals surface area contributed by atoms with Gasteiger partial charge in [0.15, 0.2) is 0 Å². The van der Waals surface area contributed by atoms with Gasteiger partial charge in [-0.25, -0.2) is 0 Å². The monoisotopic (exact) mass is 305 g/mol. The van der Waals surface area contributed by atoms with Crippen LogP contribution in [0.15, 0.2) is 42.5 Å². The molecular weight excluding hydrogens is 286 g/mol. The Labute approximate surface area is 130 Å². The van der Waals surface area contributed by atoms with Gasteiger partial charge in [0.1, 0.15) is 11.5 Å². The molecule has 3 nitrogen and oxygen atoms in total. The summed E-state index contributed by atoms with van der Waals surface area (Å²) in [5.74, 6) is 1.34. The number of para-hydroxylation sites is 1. The van der Waals surface area contributed by atoms with Crippen molar-refractivity contribution in [3.63, 3.8) is 0 Å². The Kier molecular flexibility index (Phi) is 5.62. The average Bonchev–Trinajstić information content (AvgIpc) is 2.50. The van der Waals surface area contributed by atoms with Crippen LogP contribution < -0.4 is 10.1 Å². The molecule has 0 radical (unpaired) electrons. The van der Waals surface area contributed by atoms with Gasteiger partial charge in [0, 0.05) is 12.6 Å². The van der Waals surface area contributed by atoms with Crippen LogP contribution in [0.3, 0.4) is 0 Å². The predicted octanol–water partition coefficient (Wildman–Crippen LogP) is 3.95. The number of ether oxygens (including phenoxy) is 1. The zero-order valence-corrected chi connectivity index (χ0v) is 13.0. The third-order valence-corrected chi connectivity index (χ3v) is 3.76. The van der Waals surface area contributed by atoms with E-state index in [2.05, 4.69) is 12.2 Å². The summed E-state index contributed by atoms with van der Waals surface area (Å²) in [5.41, 5.74) is 2.07. The third-order valence-electron chi connectivity index (χ3n) is 3.46. The summed E-state index contributed by atoms with van der Waals surface area (Å²) < 4.78 is 5.90. The Morgan fingerprint density at radius 2 is 1.95 bits per heavy atom. The lowest BCUT2D eigenvalue weighted by molar-refractivity contribution is 0.298. The maximum atomic E-state index is 9.10. The first-order chi connectivity index (χ1) is 10.2. The van der Waals surface area contributed by atoms with Crippen LogP contribution in [-0.2, 0) is 6.42 Å². The predicted molar refractivity (Wildman–Crippen MR) is 86.2 cm³/mol. The minimum Gasteiger partial charge on any atom is -0.456 e. The van der Waals surface area contributed by atoms with E-state index in [1.165, 1.54) is 0 Å². The van der Waals surface area contributed by atoms with Crippen molar-refractivity contribution in [2.45, 2.75) is 19.4 Å². The van der Waals surface area contributed by atoms with Crippen LogP contribution in [0, 0.1) is 0 Å². The van der Waals surface area contributed by atoms with Crippen LogP contribution in [0.25, 0.3) is 0 Å². The normalized spacial score (nSPS) is 12.2. The molecule has 0 aromatic heterocycles. The molecule has 0 saturated heterocycles. The number of benzene rings is 2. The van der Waals surface area contributed by atoms with Crippen LogP contribution in [0.4, 0.5) is 0 Å². The summed E-state index contributed by atoms with van der Waals surface area (Å²) in [4.78, 5) is 0. The molecule has 2 aromatic carbocycles. The number of rotatable bonds is 6. The smallest absolute Gasteiger partial charge is 0.146 e. The molecule has 21 heavy (non-hydrogen) atoms. The van der Waals surface area contributed by atoms with Gasteiger partial charge in [-0.2, -0.15) is 0 Å². The van der Waals surface area contributed by atoms with Crippen LogP contribution in [-0.4, -0.2) is 18.8 Å². The molecule has 4 heteroatoms. The fourth-order valence-corrected chi connectivity index (χ4v) is 2.31. The van der Waals surface area contributed by atoms with Crippen molar-refractivity contribution in [1.29, 1.82) is 0 Å². The number of aliphatic hydroxyl groups is 1. The van der Waals surface area contributed by atoms with E-state index < -0.39 is 0 Å². The lowest BCUT2D eigenvalue weighted by Gasteiger charge is -2.15. The zero-order chi connectivity index (χ0) is 15.2. The average molecular weight is 306 g/mol. The Balaban J connectivity index is 2.24. The van der Waals surface area contributed by atoms with Gasteiger partial charge in [0.2, 0.25) is 0 Å². The van der Waals surface area contributed by atoms with Crippen LogP contribution >= 0.6 is 11.6 Å². The van der Waals surface area contributed by atoms with Crippen molar-refractivity contribution in [2.75, 3.05) is 13.7 Å². The Morgan fingerprint density at radius 3 is 2.62 bits per heavy atom. The van der Waals surface area contributed by atoms with E-state index in [0.29, 0.717) is 17.2 Å². The highest BCUT2D eigenvalue weighted by Crippen LogP contribution is 2.33. The maximum absolute atomic E-state index is 9.10. The van der Waals surface area contributed by atoms with E-state index in [-0.39, 0.29) is 12.6 Å². The number of aliphatic hydroxyl groups excluding tert-OH is 1. The van der Waals surface area contributed by atoms with Gasteiger partial charge in [-0.05, 0) is 49.7 Å². The summed E-state index contributed by atoms with van der Waals surface area (Å²) >= 11 is 6.31. The lowest BCUT2D eigenvalue weighted by Crippen LogP contribution is -2.12. The largest absolute Gasteiger partial charge is 0.456 e. The molecule has 0 amide bonds. The van der Waals surface area contributed by atoms with E-state index in [4.69, 9.17) is 21.4 Å². The van der Waals surface area contributed by atoms with Crippen molar-refractivity contribution in [1.82, 2.24) is 5.32 Å². The quantitative estimate of drug-likeness (QED) is 0.849. The van der Waals surface area contributed by atoms with E-state index in [9.17, 15) is 0 Å². The third kappa shape index (κ3) is 3.97. The number of hydrogen-bond donors (Lipinski definition) is 2. The molecule has 2 N–H and O–H groups in total. The van der Waals surface area contributed by atoms with E-state index in [0.717, 1.165) is 16.9 Å². The first-order valence-corrected chi connectivity index (χ1v) is 7.37. The summed E-state index contributed by atoms with van der Waals surface area (Å²) in [6.45, 7) is 2.16. The first kappa shape index (κ1) is 15.8.